The predicted molar refractivity (Wildman–Crippen MR) is 79.2 cm³/mol. The van der Waals surface area contributed by atoms with E-state index in [1.807, 2.05) is 17.8 Å². The first-order chi connectivity index (χ1) is 10.1. The van der Waals surface area contributed by atoms with Crippen LogP contribution in [0.25, 0.3) is 0 Å². The monoisotopic (exact) mass is 283 g/mol. The molecular weight excluding hydrogens is 266 g/mol. The van der Waals surface area contributed by atoms with Crippen molar-refractivity contribution in [3.05, 3.63) is 47.8 Å². The first-order valence-electron chi connectivity index (χ1n) is 6.48. The van der Waals surface area contributed by atoms with Gasteiger partial charge in [0.25, 0.3) is 5.91 Å². The first kappa shape index (κ1) is 14.8. The molecule has 2 aromatic rings. The number of nitrogens with zero attached hydrogens (tertiary/aromatic N) is 4. The summed E-state index contributed by atoms with van der Waals surface area (Å²) < 4.78 is 1.88. The van der Waals surface area contributed by atoms with Gasteiger partial charge < -0.3 is 15.2 Å². The molecule has 0 atom stereocenters. The molecule has 1 amide bonds. The Morgan fingerprint density at radius 1 is 1.43 bits per heavy atom. The number of rotatable bonds is 3. The van der Waals surface area contributed by atoms with Crippen molar-refractivity contribution in [2.75, 3.05) is 13.6 Å². The molecule has 0 radical (unpaired) electrons. The van der Waals surface area contributed by atoms with E-state index in [9.17, 15) is 4.79 Å². The average Bonchev–Trinajstić information content (AvgIpc) is 2.90. The standard InChI is InChI=1S/C15H17N5O/c1-19-9-8-17-14(19)11-20(2)15(21)13-6-5-12(10-18-13)4-3-7-16/h5-6,8-10H,7,11,16H2,1-2H3. The maximum atomic E-state index is 12.3. The molecule has 0 fully saturated rings. The summed E-state index contributed by atoms with van der Waals surface area (Å²) in [5.41, 5.74) is 6.43. The number of carbonyl (C=O) groups excluding carboxylic acids is 1. The van der Waals surface area contributed by atoms with Gasteiger partial charge in [0.2, 0.25) is 0 Å². The fraction of sp³-hybridized carbons (Fsp3) is 0.267. The lowest BCUT2D eigenvalue weighted by Crippen LogP contribution is -2.28. The van der Waals surface area contributed by atoms with Gasteiger partial charge in [0.1, 0.15) is 11.5 Å². The zero-order valence-corrected chi connectivity index (χ0v) is 12.1. The van der Waals surface area contributed by atoms with E-state index in [4.69, 9.17) is 5.73 Å². The topological polar surface area (TPSA) is 77.0 Å². The molecule has 6 heteroatoms. The zero-order valence-electron chi connectivity index (χ0n) is 12.1. The van der Waals surface area contributed by atoms with Crippen LogP contribution in [0.1, 0.15) is 21.9 Å². The summed E-state index contributed by atoms with van der Waals surface area (Å²) in [4.78, 5) is 22.2. The molecule has 0 aliphatic rings. The Hall–Kier alpha value is -2.65. The minimum Gasteiger partial charge on any atom is -0.337 e. The molecule has 0 unspecified atom stereocenters. The summed E-state index contributed by atoms with van der Waals surface area (Å²) in [5.74, 6) is 6.27. The number of pyridine rings is 1. The van der Waals surface area contributed by atoms with Gasteiger partial charge in [-0.25, -0.2) is 9.97 Å². The molecule has 0 aromatic carbocycles. The van der Waals surface area contributed by atoms with E-state index in [0.29, 0.717) is 18.8 Å². The molecule has 0 saturated carbocycles. The van der Waals surface area contributed by atoms with Crippen LogP contribution in [0, 0.1) is 11.8 Å². The van der Waals surface area contributed by atoms with Gasteiger partial charge >= 0.3 is 0 Å². The number of hydrogen-bond acceptors (Lipinski definition) is 4. The highest BCUT2D eigenvalue weighted by Crippen LogP contribution is 2.06. The smallest absolute Gasteiger partial charge is 0.272 e. The van der Waals surface area contributed by atoms with Crippen LogP contribution in [-0.2, 0) is 13.6 Å². The Morgan fingerprint density at radius 2 is 2.24 bits per heavy atom. The van der Waals surface area contributed by atoms with Crippen molar-refractivity contribution in [1.82, 2.24) is 19.4 Å². The van der Waals surface area contributed by atoms with Crippen LogP contribution < -0.4 is 5.73 Å². The van der Waals surface area contributed by atoms with E-state index in [1.165, 1.54) is 0 Å². The van der Waals surface area contributed by atoms with Crippen molar-refractivity contribution in [2.45, 2.75) is 6.54 Å². The van der Waals surface area contributed by atoms with E-state index in [-0.39, 0.29) is 5.91 Å². The summed E-state index contributed by atoms with van der Waals surface area (Å²) in [7, 11) is 3.62. The van der Waals surface area contributed by atoms with Crippen LogP contribution in [-0.4, -0.2) is 38.9 Å². The molecule has 2 heterocycles. The number of aromatic nitrogens is 3. The molecule has 6 nitrogen and oxygen atoms in total. The highest BCUT2D eigenvalue weighted by Gasteiger charge is 2.14. The van der Waals surface area contributed by atoms with E-state index < -0.39 is 0 Å². The van der Waals surface area contributed by atoms with Gasteiger partial charge in [-0.15, -0.1) is 0 Å². The number of hydrogen-bond donors (Lipinski definition) is 1. The lowest BCUT2D eigenvalue weighted by atomic mass is 10.2. The van der Waals surface area contributed by atoms with Crippen molar-refractivity contribution in [3.8, 4) is 11.8 Å². The Kier molecular flexibility index (Phi) is 4.69. The maximum Gasteiger partial charge on any atom is 0.272 e. The van der Waals surface area contributed by atoms with Crippen molar-refractivity contribution < 1.29 is 4.79 Å². The molecule has 21 heavy (non-hydrogen) atoms. The molecule has 0 saturated heterocycles. The van der Waals surface area contributed by atoms with Gasteiger partial charge in [0.15, 0.2) is 0 Å². The first-order valence-corrected chi connectivity index (χ1v) is 6.48. The number of aryl methyl sites for hydroxylation is 1. The molecular formula is C15H17N5O. The Bertz CT molecular complexity index is 678. The van der Waals surface area contributed by atoms with Gasteiger partial charge in [-0.1, -0.05) is 11.8 Å². The van der Waals surface area contributed by atoms with Gasteiger partial charge in [-0.3, -0.25) is 4.79 Å². The second-order valence-electron chi connectivity index (χ2n) is 4.55. The molecule has 0 bridgehead atoms. The molecule has 0 spiro atoms. The summed E-state index contributed by atoms with van der Waals surface area (Å²) in [6, 6.07) is 3.43. The third-order valence-corrected chi connectivity index (χ3v) is 2.96. The lowest BCUT2D eigenvalue weighted by molar-refractivity contribution is 0.0774. The number of carbonyl (C=O) groups is 1. The Morgan fingerprint density at radius 3 is 2.81 bits per heavy atom. The van der Waals surface area contributed by atoms with Crippen LogP contribution in [0.3, 0.4) is 0 Å². The molecule has 108 valence electrons. The van der Waals surface area contributed by atoms with E-state index in [0.717, 1.165) is 11.4 Å². The van der Waals surface area contributed by atoms with Crippen molar-refractivity contribution in [3.63, 3.8) is 0 Å². The van der Waals surface area contributed by atoms with E-state index in [2.05, 4.69) is 21.8 Å². The van der Waals surface area contributed by atoms with E-state index >= 15 is 0 Å². The third-order valence-electron chi connectivity index (χ3n) is 2.96. The van der Waals surface area contributed by atoms with Crippen molar-refractivity contribution >= 4 is 5.91 Å². The second kappa shape index (κ2) is 6.68. The van der Waals surface area contributed by atoms with Gasteiger partial charge in [0, 0.05) is 38.2 Å². The highest BCUT2D eigenvalue weighted by atomic mass is 16.2. The normalized spacial score (nSPS) is 9.86. The van der Waals surface area contributed by atoms with Crippen LogP contribution in [0.15, 0.2) is 30.7 Å². The van der Waals surface area contributed by atoms with Crippen molar-refractivity contribution in [2.24, 2.45) is 12.8 Å². The summed E-state index contributed by atoms with van der Waals surface area (Å²) in [5, 5.41) is 0. The molecule has 2 N–H and O–H groups in total. The SMILES string of the molecule is CN(Cc1nccn1C)C(=O)c1ccc(C#CCN)cn1. The summed E-state index contributed by atoms with van der Waals surface area (Å²) >= 11 is 0. The fourth-order valence-corrected chi connectivity index (χ4v) is 1.78. The Balaban J connectivity index is 2.07. The molecule has 2 aromatic heterocycles. The van der Waals surface area contributed by atoms with Gasteiger partial charge in [-0.05, 0) is 12.1 Å². The molecule has 0 aliphatic carbocycles. The zero-order chi connectivity index (χ0) is 15.2. The highest BCUT2D eigenvalue weighted by molar-refractivity contribution is 5.92. The van der Waals surface area contributed by atoms with Crippen LogP contribution in [0.2, 0.25) is 0 Å². The van der Waals surface area contributed by atoms with Gasteiger partial charge in [-0.2, -0.15) is 0 Å². The number of amides is 1. The molecule has 2 rings (SSSR count). The molecule has 0 aliphatic heterocycles. The van der Waals surface area contributed by atoms with Crippen LogP contribution >= 0.6 is 0 Å². The summed E-state index contributed by atoms with van der Waals surface area (Å²) in [6.07, 6.45) is 5.12. The quantitative estimate of drug-likeness (QED) is 0.827. The Labute approximate surface area is 123 Å². The van der Waals surface area contributed by atoms with Crippen molar-refractivity contribution in [1.29, 1.82) is 0 Å². The average molecular weight is 283 g/mol. The number of nitrogens with two attached hydrogens (primary N) is 1. The van der Waals surface area contributed by atoms with Crippen LogP contribution in [0.5, 0.6) is 0 Å². The second-order valence-corrected chi connectivity index (χ2v) is 4.55. The third kappa shape index (κ3) is 3.68. The fourth-order valence-electron chi connectivity index (χ4n) is 1.78. The van der Waals surface area contributed by atoms with E-state index in [1.54, 1.807) is 36.5 Å². The lowest BCUT2D eigenvalue weighted by Gasteiger charge is -2.16. The predicted octanol–water partition coefficient (Wildman–Crippen LogP) is 0.398. The minimum atomic E-state index is -0.156. The number of imidazole rings is 1. The largest absolute Gasteiger partial charge is 0.337 e. The van der Waals surface area contributed by atoms with Crippen LogP contribution in [0.4, 0.5) is 0 Å². The summed E-state index contributed by atoms with van der Waals surface area (Å²) in [6.45, 7) is 0.728. The minimum absolute atomic E-state index is 0.156. The van der Waals surface area contributed by atoms with Gasteiger partial charge in [0.05, 0.1) is 13.1 Å². The maximum absolute atomic E-state index is 12.3.